The van der Waals surface area contributed by atoms with E-state index in [0.717, 1.165) is 17.7 Å². The third-order valence-corrected chi connectivity index (χ3v) is 6.23. The molecule has 0 radical (unpaired) electrons. The number of rotatable bonds is 11. The molecule has 3 aromatic carbocycles. The van der Waals surface area contributed by atoms with Crippen LogP contribution in [0.4, 0.5) is 0 Å². The maximum absolute atomic E-state index is 11.3. The van der Waals surface area contributed by atoms with Gasteiger partial charge < -0.3 is 14.6 Å². The van der Waals surface area contributed by atoms with Gasteiger partial charge in [0.05, 0.1) is 0 Å². The summed E-state index contributed by atoms with van der Waals surface area (Å²) >= 11 is 0. The van der Waals surface area contributed by atoms with Gasteiger partial charge in [0.15, 0.2) is 6.10 Å². The number of carboxylic acids is 1. The number of ether oxygens (including phenoxy) is 2. The maximum Gasteiger partial charge on any atom is 0.333 e. The Bertz CT molecular complexity index is 1160. The first-order valence-electron chi connectivity index (χ1n) is 12.1. The van der Waals surface area contributed by atoms with Crippen molar-refractivity contribution in [2.24, 2.45) is 0 Å². The van der Waals surface area contributed by atoms with Crippen LogP contribution < -0.4 is 4.74 Å². The molecular weight excluding hydrogens is 424 g/mol. The summed E-state index contributed by atoms with van der Waals surface area (Å²) < 4.78 is 11.3. The van der Waals surface area contributed by atoms with Crippen LogP contribution in [0.2, 0.25) is 0 Å². The number of hydrogen-bond acceptors (Lipinski definition) is 3. The lowest BCUT2D eigenvalue weighted by Crippen LogP contribution is -2.26. The van der Waals surface area contributed by atoms with Gasteiger partial charge in [-0.3, -0.25) is 0 Å². The fourth-order valence-electron chi connectivity index (χ4n) is 4.48. The van der Waals surface area contributed by atoms with E-state index in [9.17, 15) is 9.90 Å². The minimum Gasteiger partial charge on any atom is -0.490 e. The van der Waals surface area contributed by atoms with Crippen LogP contribution in [0.1, 0.15) is 48.9 Å². The van der Waals surface area contributed by atoms with Crippen molar-refractivity contribution >= 4 is 11.5 Å². The van der Waals surface area contributed by atoms with Crippen molar-refractivity contribution in [3.8, 4) is 16.9 Å². The molecule has 0 bridgehead atoms. The zero-order valence-electron chi connectivity index (χ0n) is 19.9. The Labute approximate surface area is 201 Å². The minimum atomic E-state index is -0.941. The zero-order valence-corrected chi connectivity index (χ0v) is 19.9. The van der Waals surface area contributed by atoms with Crippen molar-refractivity contribution in [1.29, 1.82) is 0 Å². The summed E-state index contributed by atoms with van der Waals surface area (Å²) in [4.78, 5) is 11.3. The molecule has 0 aliphatic heterocycles. The first kappa shape index (κ1) is 23.8. The lowest BCUT2D eigenvalue weighted by atomic mass is 9.99. The van der Waals surface area contributed by atoms with Crippen molar-refractivity contribution in [1.82, 2.24) is 0 Å². The van der Waals surface area contributed by atoms with Crippen LogP contribution >= 0.6 is 0 Å². The molecule has 1 unspecified atom stereocenters. The first-order valence-corrected chi connectivity index (χ1v) is 12.1. The van der Waals surface area contributed by atoms with Gasteiger partial charge in [0, 0.05) is 13.0 Å². The van der Waals surface area contributed by atoms with E-state index in [1.54, 1.807) is 6.92 Å². The second kappa shape index (κ2) is 11.2. The van der Waals surface area contributed by atoms with Gasteiger partial charge in [0.25, 0.3) is 0 Å². The van der Waals surface area contributed by atoms with Crippen LogP contribution in [0.25, 0.3) is 16.7 Å². The van der Waals surface area contributed by atoms with E-state index in [4.69, 9.17) is 9.47 Å². The highest BCUT2D eigenvalue weighted by Gasteiger charge is 2.23. The highest BCUT2D eigenvalue weighted by molar-refractivity contribution is 6.01. The van der Waals surface area contributed by atoms with Crippen molar-refractivity contribution < 1.29 is 19.4 Å². The van der Waals surface area contributed by atoms with Crippen LogP contribution in [0.5, 0.6) is 5.75 Å². The van der Waals surface area contributed by atoms with Gasteiger partial charge in [0.2, 0.25) is 0 Å². The predicted octanol–water partition coefficient (Wildman–Crippen LogP) is 6.55. The molecule has 0 saturated heterocycles. The first-order chi connectivity index (χ1) is 16.6. The number of aliphatic carboxylic acids is 1. The van der Waals surface area contributed by atoms with Crippen LogP contribution in [0.3, 0.4) is 0 Å². The summed E-state index contributed by atoms with van der Waals surface area (Å²) in [6.45, 7) is 4.86. The molecule has 0 saturated carbocycles. The monoisotopic (exact) mass is 456 g/mol. The molecule has 1 aliphatic carbocycles. The Kier molecular flexibility index (Phi) is 7.81. The lowest BCUT2D eigenvalue weighted by molar-refractivity contribution is -0.149. The van der Waals surface area contributed by atoms with Crippen molar-refractivity contribution in [3.63, 3.8) is 0 Å². The Morgan fingerprint density at radius 2 is 1.62 bits per heavy atom. The minimum absolute atomic E-state index is 0.335. The maximum atomic E-state index is 11.3. The zero-order chi connectivity index (χ0) is 23.9. The van der Waals surface area contributed by atoms with Gasteiger partial charge >= 0.3 is 5.97 Å². The molecule has 0 heterocycles. The van der Waals surface area contributed by atoms with Crippen LogP contribution in [0.15, 0.2) is 72.8 Å². The number of benzene rings is 3. The van der Waals surface area contributed by atoms with Crippen LogP contribution in [-0.4, -0.2) is 30.4 Å². The molecule has 1 atom stereocenters. The van der Waals surface area contributed by atoms with Gasteiger partial charge in [-0.05, 0) is 76.9 Å². The van der Waals surface area contributed by atoms with E-state index in [0.29, 0.717) is 19.6 Å². The number of fused-ring (bicyclic) bond motifs is 3. The summed E-state index contributed by atoms with van der Waals surface area (Å²) in [6, 6.07) is 23.0. The average molecular weight is 457 g/mol. The number of carboxylic acid groups (broad SMARTS) is 1. The standard InChI is InChI=1S/C30H32O4/c1-3-5-8-21-13-16-26-27(24-9-6-7-10-25(24)28(26)19-21)17-18-34-23-14-11-22(12-15-23)20-29(30(31)32)33-4-2/h6-7,9-17,19,29H,3-5,8,18,20H2,1-2H3,(H,31,32). The second-order valence-electron chi connectivity index (χ2n) is 8.59. The summed E-state index contributed by atoms with van der Waals surface area (Å²) in [5.74, 6) is -0.186. The largest absolute Gasteiger partial charge is 0.490 e. The molecular formula is C30H32O4. The Morgan fingerprint density at radius 1 is 0.912 bits per heavy atom. The van der Waals surface area contributed by atoms with Crippen molar-refractivity contribution in [2.75, 3.05) is 13.2 Å². The van der Waals surface area contributed by atoms with Crippen LogP contribution in [-0.2, 0) is 22.4 Å². The molecule has 4 heteroatoms. The van der Waals surface area contributed by atoms with E-state index in [1.807, 2.05) is 24.3 Å². The number of aryl methyl sites for hydroxylation is 1. The van der Waals surface area contributed by atoms with E-state index in [1.165, 1.54) is 46.2 Å². The molecule has 0 spiro atoms. The number of unbranched alkanes of at least 4 members (excludes halogenated alkanes) is 1. The lowest BCUT2D eigenvalue weighted by Gasteiger charge is -2.12. The molecule has 1 aliphatic rings. The normalized spacial score (nSPS) is 14.0. The number of hydrogen-bond donors (Lipinski definition) is 1. The highest BCUT2D eigenvalue weighted by Crippen LogP contribution is 2.44. The fourth-order valence-corrected chi connectivity index (χ4v) is 4.48. The van der Waals surface area contributed by atoms with E-state index >= 15 is 0 Å². The van der Waals surface area contributed by atoms with Gasteiger partial charge in [-0.15, -0.1) is 0 Å². The Balaban J connectivity index is 1.47. The topological polar surface area (TPSA) is 55.8 Å². The molecule has 0 aromatic heterocycles. The Morgan fingerprint density at radius 3 is 2.32 bits per heavy atom. The molecule has 4 rings (SSSR count). The van der Waals surface area contributed by atoms with E-state index in [-0.39, 0.29) is 0 Å². The highest BCUT2D eigenvalue weighted by atomic mass is 16.5. The summed E-state index contributed by atoms with van der Waals surface area (Å²) in [5.41, 5.74) is 8.61. The third-order valence-electron chi connectivity index (χ3n) is 6.23. The van der Waals surface area contributed by atoms with Gasteiger partial charge in [0.1, 0.15) is 12.4 Å². The second-order valence-corrected chi connectivity index (χ2v) is 8.59. The third kappa shape index (κ3) is 5.40. The number of carbonyl (C=O) groups is 1. The van der Waals surface area contributed by atoms with Crippen molar-refractivity contribution in [2.45, 2.75) is 45.6 Å². The Hall–Kier alpha value is -3.37. The molecule has 3 aromatic rings. The fraction of sp³-hybridized carbons (Fsp3) is 0.300. The van der Waals surface area contributed by atoms with Gasteiger partial charge in [-0.2, -0.15) is 0 Å². The molecule has 1 N–H and O–H groups in total. The molecule has 0 amide bonds. The van der Waals surface area contributed by atoms with E-state index < -0.39 is 12.1 Å². The summed E-state index contributed by atoms with van der Waals surface area (Å²) in [6.07, 6.45) is 5.18. The predicted molar refractivity (Wildman–Crippen MR) is 136 cm³/mol. The molecule has 34 heavy (non-hydrogen) atoms. The molecule has 176 valence electrons. The quantitative estimate of drug-likeness (QED) is 0.278. The van der Waals surface area contributed by atoms with Crippen LogP contribution in [0, 0.1) is 0 Å². The molecule has 4 nitrogen and oxygen atoms in total. The van der Waals surface area contributed by atoms with Gasteiger partial charge in [-0.25, -0.2) is 4.79 Å². The summed E-state index contributed by atoms with van der Waals surface area (Å²) in [5, 5.41) is 9.28. The van der Waals surface area contributed by atoms with Gasteiger partial charge in [-0.1, -0.05) is 67.9 Å². The summed E-state index contributed by atoms with van der Waals surface area (Å²) in [7, 11) is 0. The average Bonchev–Trinajstić information content (AvgIpc) is 3.16. The molecule has 0 fully saturated rings. The van der Waals surface area contributed by atoms with E-state index in [2.05, 4.69) is 55.5 Å². The van der Waals surface area contributed by atoms with Crippen molar-refractivity contribution in [3.05, 3.63) is 95.1 Å². The smallest absolute Gasteiger partial charge is 0.333 e. The SMILES string of the molecule is CCCCc1ccc2c(c1)-c1ccccc1C2=CCOc1ccc(CC(OCC)C(=O)O)cc1.